The molecule has 1 amide bonds. The normalized spacial score (nSPS) is 10.8. The molecule has 2 aromatic carbocycles. The molecule has 0 unspecified atom stereocenters. The Labute approximate surface area is 185 Å². The van der Waals surface area contributed by atoms with E-state index in [1.54, 1.807) is 37.3 Å². The van der Waals surface area contributed by atoms with Crippen LogP contribution in [-0.4, -0.2) is 33.5 Å². The second-order valence-electron chi connectivity index (χ2n) is 6.57. The van der Waals surface area contributed by atoms with Gasteiger partial charge in [-0.15, -0.1) is 0 Å². The Morgan fingerprint density at radius 2 is 1.94 bits per heavy atom. The molecule has 1 aromatic heterocycles. The minimum atomic E-state index is -3.82. The van der Waals surface area contributed by atoms with Gasteiger partial charge in [0.2, 0.25) is 15.9 Å². The number of benzene rings is 2. The van der Waals surface area contributed by atoms with Crippen molar-refractivity contribution in [3.63, 3.8) is 0 Å². The lowest BCUT2D eigenvalue weighted by molar-refractivity contribution is 0.102. The average Bonchev–Trinajstić information content (AvgIpc) is 2.80. The number of nitriles is 1. The highest BCUT2D eigenvalue weighted by atomic mass is 32.2. The number of amides is 1. The molecule has 0 bridgehead atoms. The van der Waals surface area contributed by atoms with Crippen LogP contribution in [0, 0.1) is 18.3 Å². The summed E-state index contributed by atoms with van der Waals surface area (Å²) < 4.78 is 37.5. The van der Waals surface area contributed by atoms with E-state index in [1.165, 1.54) is 38.6 Å². The maximum absolute atomic E-state index is 12.7. The number of anilines is 1. The first-order valence-electron chi connectivity index (χ1n) is 9.35. The van der Waals surface area contributed by atoms with Crippen molar-refractivity contribution in [2.24, 2.45) is 0 Å². The maximum Gasteiger partial charge on any atom is 0.255 e. The van der Waals surface area contributed by atoms with E-state index in [-0.39, 0.29) is 22.1 Å². The molecule has 0 fully saturated rings. The van der Waals surface area contributed by atoms with Gasteiger partial charge >= 0.3 is 0 Å². The first kappa shape index (κ1) is 22.7. The lowest BCUT2D eigenvalue weighted by Crippen LogP contribution is -2.20. The van der Waals surface area contributed by atoms with Crippen LogP contribution in [0.1, 0.15) is 21.5 Å². The predicted octanol–water partition coefficient (Wildman–Crippen LogP) is 3.22. The number of rotatable bonds is 7. The number of methoxy groups -OCH3 is 1. The van der Waals surface area contributed by atoms with Gasteiger partial charge in [0.25, 0.3) is 5.91 Å². The van der Waals surface area contributed by atoms with E-state index in [0.29, 0.717) is 22.6 Å². The summed E-state index contributed by atoms with van der Waals surface area (Å²) in [5.74, 6) is 0.263. The Kier molecular flexibility index (Phi) is 6.73. The molecule has 0 saturated carbocycles. The molecular formula is C22H20N4O5S. The fraction of sp³-hybridized carbons (Fsp3) is 0.136. The third-order valence-corrected chi connectivity index (χ3v) is 5.97. The highest BCUT2D eigenvalue weighted by Crippen LogP contribution is 2.28. The van der Waals surface area contributed by atoms with E-state index < -0.39 is 15.9 Å². The van der Waals surface area contributed by atoms with Gasteiger partial charge in [-0.25, -0.2) is 18.1 Å². The molecule has 0 radical (unpaired) electrons. The smallest absolute Gasteiger partial charge is 0.255 e. The highest BCUT2D eigenvalue weighted by molar-refractivity contribution is 7.89. The van der Waals surface area contributed by atoms with Gasteiger partial charge in [0.1, 0.15) is 28.0 Å². The molecule has 2 N–H and O–H groups in total. The molecule has 0 aliphatic heterocycles. The first-order valence-corrected chi connectivity index (χ1v) is 10.8. The molecular weight excluding hydrogens is 432 g/mol. The zero-order chi connectivity index (χ0) is 23.3. The summed E-state index contributed by atoms with van der Waals surface area (Å²) in [4.78, 5) is 16.7. The van der Waals surface area contributed by atoms with Gasteiger partial charge < -0.3 is 14.8 Å². The van der Waals surface area contributed by atoms with Crippen LogP contribution in [0.15, 0.2) is 59.6 Å². The van der Waals surface area contributed by atoms with E-state index >= 15 is 0 Å². The van der Waals surface area contributed by atoms with Crippen molar-refractivity contribution in [2.45, 2.75) is 11.8 Å². The molecule has 3 aromatic rings. The van der Waals surface area contributed by atoms with Crippen molar-refractivity contribution < 1.29 is 22.7 Å². The number of nitrogens with one attached hydrogen (secondary N) is 2. The van der Waals surface area contributed by atoms with Crippen molar-refractivity contribution in [1.82, 2.24) is 9.71 Å². The number of aryl methyl sites for hydroxylation is 1. The minimum Gasteiger partial charge on any atom is -0.495 e. The summed E-state index contributed by atoms with van der Waals surface area (Å²) in [6, 6.07) is 14.4. The molecule has 164 valence electrons. The number of hydrogen-bond acceptors (Lipinski definition) is 7. The third-order valence-electron chi connectivity index (χ3n) is 4.54. The van der Waals surface area contributed by atoms with Gasteiger partial charge in [-0.2, -0.15) is 5.26 Å². The van der Waals surface area contributed by atoms with Gasteiger partial charge in [-0.05, 0) is 68.1 Å². The summed E-state index contributed by atoms with van der Waals surface area (Å²) >= 11 is 0. The van der Waals surface area contributed by atoms with Crippen LogP contribution in [0.4, 0.5) is 5.69 Å². The zero-order valence-electron chi connectivity index (χ0n) is 17.5. The van der Waals surface area contributed by atoms with E-state index in [0.717, 1.165) is 0 Å². The molecule has 0 atom stereocenters. The number of hydrogen-bond donors (Lipinski definition) is 2. The molecule has 32 heavy (non-hydrogen) atoms. The van der Waals surface area contributed by atoms with Gasteiger partial charge in [0.15, 0.2) is 0 Å². The van der Waals surface area contributed by atoms with Crippen LogP contribution in [-0.2, 0) is 10.0 Å². The van der Waals surface area contributed by atoms with Crippen LogP contribution in [0.25, 0.3) is 0 Å². The third kappa shape index (κ3) is 4.85. The summed E-state index contributed by atoms with van der Waals surface area (Å²) in [6.07, 6.45) is 1.52. The molecule has 0 saturated heterocycles. The van der Waals surface area contributed by atoms with Gasteiger partial charge in [-0.1, -0.05) is 0 Å². The first-order chi connectivity index (χ1) is 15.3. The second-order valence-corrected chi connectivity index (χ2v) is 8.43. The number of pyridine rings is 1. The van der Waals surface area contributed by atoms with Crippen LogP contribution in [0.2, 0.25) is 0 Å². The van der Waals surface area contributed by atoms with E-state index in [4.69, 9.17) is 14.7 Å². The summed E-state index contributed by atoms with van der Waals surface area (Å²) in [7, 11) is -1.19. The summed E-state index contributed by atoms with van der Waals surface area (Å²) in [6.45, 7) is 1.77. The lowest BCUT2D eigenvalue weighted by Gasteiger charge is -2.13. The molecule has 0 aliphatic carbocycles. The maximum atomic E-state index is 12.7. The number of carbonyl (C=O) groups excluding carboxylic acids is 1. The Hall–Kier alpha value is -3.94. The largest absolute Gasteiger partial charge is 0.495 e. The lowest BCUT2D eigenvalue weighted by atomic mass is 10.1. The number of sulfonamides is 1. The molecule has 3 rings (SSSR count). The Balaban J connectivity index is 1.83. The molecule has 0 aliphatic rings. The van der Waals surface area contributed by atoms with Crippen molar-refractivity contribution in [3.8, 4) is 23.4 Å². The van der Waals surface area contributed by atoms with E-state index in [1.807, 2.05) is 6.07 Å². The Morgan fingerprint density at radius 3 is 2.59 bits per heavy atom. The molecule has 1 heterocycles. The van der Waals surface area contributed by atoms with Crippen molar-refractivity contribution >= 4 is 21.6 Å². The molecule has 10 heteroatoms. The van der Waals surface area contributed by atoms with Crippen LogP contribution in [0.5, 0.6) is 17.4 Å². The minimum absolute atomic E-state index is 0.125. The number of aromatic nitrogens is 1. The number of ether oxygens (including phenoxy) is 2. The zero-order valence-corrected chi connectivity index (χ0v) is 18.4. The van der Waals surface area contributed by atoms with Gasteiger partial charge in [0.05, 0.1) is 7.11 Å². The quantitative estimate of drug-likeness (QED) is 0.563. The van der Waals surface area contributed by atoms with Crippen molar-refractivity contribution in [2.75, 3.05) is 19.5 Å². The van der Waals surface area contributed by atoms with Gasteiger partial charge in [-0.3, -0.25) is 4.79 Å². The fourth-order valence-corrected chi connectivity index (χ4v) is 3.76. The SMILES string of the molecule is CNS(=O)(=O)c1cc(C(=O)Nc2ccc(Oc3ncccc3C#N)cc2C)ccc1OC. The van der Waals surface area contributed by atoms with Crippen LogP contribution < -0.4 is 19.5 Å². The van der Waals surface area contributed by atoms with E-state index in [9.17, 15) is 13.2 Å². The topological polar surface area (TPSA) is 130 Å². The standard InChI is InChI=1S/C22H20N4O5S/c1-14-11-17(31-22-16(13-23)5-4-10-25-22)7-8-18(14)26-21(27)15-6-9-19(30-3)20(12-15)32(28,29)24-2/h4-12,24H,1-3H3,(H,26,27). The van der Waals surface area contributed by atoms with E-state index in [2.05, 4.69) is 15.0 Å². The number of carbonyl (C=O) groups is 1. The van der Waals surface area contributed by atoms with Crippen molar-refractivity contribution in [1.29, 1.82) is 5.26 Å². The molecule has 9 nitrogen and oxygen atoms in total. The van der Waals surface area contributed by atoms with Crippen LogP contribution >= 0.6 is 0 Å². The van der Waals surface area contributed by atoms with Gasteiger partial charge in [0, 0.05) is 17.4 Å². The predicted molar refractivity (Wildman–Crippen MR) is 117 cm³/mol. The second kappa shape index (κ2) is 9.47. The van der Waals surface area contributed by atoms with Crippen LogP contribution in [0.3, 0.4) is 0 Å². The Morgan fingerprint density at radius 1 is 1.16 bits per heavy atom. The van der Waals surface area contributed by atoms with Crippen molar-refractivity contribution in [3.05, 3.63) is 71.4 Å². The summed E-state index contributed by atoms with van der Waals surface area (Å²) in [5.41, 5.74) is 1.65. The Bertz CT molecular complexity index is 1320. The summed E-state index contributed by atoms with van der Waals surface area (Å²) in [5, 5.41) is 11.9. The monoisotopic (exact) mass is 452 g/mol. The highest BCUT2D eigenvalue weighted by Gasteiger charge is 2.20. The number of nitrogens with zero attached hydrogens (tertiary/aromatic N) is 2. The average molecular weight is 452 g/mol. The molecule has 0 spiro atoms. The fourth-order valence-electron chi connectivity index (χ4n) is 2.84.